The summed E-state index contributed by atoms with van der Waals surface area (Å²) in [5.74, 6) is -0.717. The predicted molar refractivity (Wildman–Crippen MR) is 73.4 cm³/mol. The van der Waals surface area contributed by atoms with Crippen molar-refractivity contribution in [2.45, 2.75) is 38.7 Å². The monoisotopic (exact) mass is 284 g/mol. The van der Waals surface area contributed by atoms with Crippen molar-refractivity contribution < 1.29 is 19.4 Å². The average molecular weight is 284 g/mol. The van der Waals surface area contributed by atoms with E-state index in [1.165, 1.54) is 0 Å². The van der Waals surface area contributed by atoms with Crippen molar-refractivity contribution in [3.8, 4) is 0 Å². The maximum Gasteiger partial charge on any atom is 0.329 e. The Labute approximate surface area is 119 Å². The molecule has 0 radical (unpaired) electrons. The number of aliphatic carboxylic acids is 1. The number of carboxylic acids is 1. The zero-order valence-electron chi connectivity index (χ0n) is 12.1. The van der Waals surface area contributed by atoms with Crippen molar-refractivity contribution in [2.75, 3.05) is 32.8 Å². The van der Waals surface area contributed by atoms with Crippen molar-refractivity contribution in [3.63, 3.8) is 0 Å². The summed E-state index contributed by atoms with van der Waals surface area (Å²) in [6.07, 6.45) is 3.40. The molecular weight excluding hydrogens is 260 g/mol. The van der Waals surface area contributed by atoms with Crippen molar-refractivity contribution >= 4 is 11.9 Å². The zero-order chi connectivity index (χ0) is 14.6. The average Bonchev–Trinajstić information content (AvgIpc) is 2.45. The van der Waals surface area contributed by atoms with Gasteiger partial charge in [0.15, 0.2) is 0 Å². The lowest BCUT2D eigenvalue weighted by molar-refractivity contribution is -0.149. The minimum absolute atomic E-state index is 0.0348. The standard InChI is InChI=1S/C14H24N2O4/c1-14(5-2-6-15-10-14)13(19)16-7-3-11(4-8-16)20-9-12(17)18/h11,15H,2-10H2,1H3,(H,17,18). The Hall–Kier alpha value is -1.14. The molecule has 0 spiro atoms. The molecule has 2 aliphatic rings. The number of nitrogens with zero attached hydrogens (tertiary/aromatic N) is 1. The lowest BCUT2D eigenvalue weighted by atomic mass is 9.81. The van der Waals surface area contributed by atoms with Crippen LogP contribution in [0.4, 0.5) is 0 Å². The molecule has 0 aliphatic carbocycles. The van der Waals surface area contributed by atoms with Gasteiger partial charge in [0.05, 0.1) is 11.5 Å². The predicted octanol–water partition coefficient (Wildman–Crippen LogP) is 0.468. The number of carbonyl (C=O) groups excluding carboxylic acids is 1. The number of carbonyl (C=O) groups is 2. The van der Waals surface area contributed by atoms with Crippen LogP contribution in [0, 0.1) is 5.41 Å². The summed E-state index contributed by atoms with van der Waals surface area (Å²) >= 11 is 0. The fraction of sp³-hybridized carbons (Fsp3) is 0.857. The first-order chi connectivity index (χ1) is 9.51. The minimum atomic E-state index is -0.940. The Balaban J connectivity index is 1.81. The Morgan fingerprint density at radius 2 is 2.10 bits per heavy atom. The van der Waals surface area contributed by atoms with E-state index in [0.717, 1.165) is 38.8 Å². The molecule has 0 saturated carbocycles. The Kier molecular flexibility index (Phi) is 4.99. The molecule has 114 valence electrons. The molecule has 2 saturated heterocycles. The van der Waals surface area contributed by atoms with E-state index in [-0.39, 0.29) is 24.0 Å². The van der Waals surface area contributed by atoms with E-state index in [2.05, 4.69) is 5.32 Å². The van der Waals surface area contributed by atoms with E-state index in [4.69, 9.17) is 9.84 Å². The van der Waals surface area contributed by atoms with Gasteiger partial charge in [-0.1, -0.05) is 0 Å². The van der Waals surface area contributed by atoms with Crippen LogP contribution in [0.15, 0.2) is 0 Å². The van der Waals surface area contributed by atoms with Crippen LogP contribution >= 0.6 is 0 Å². The smallest absolute Gasteiger partial charge is 0.329 e. The highest BCUT2D eigenvalue weighted by Gasteiger charge is 2.38. The number of rotatable bonds is 4. The summed E-state index contributed by atoms with van der Waals surface area (Å²) in [6.45, 7) is 4.86. The van der Waals surface area contributed by atoms with Crippen LogP contribution in [0.5, 0.6) is 0 Å². The Morgan fingerprint density at radius 3 is 2.65 bits per heavy atom. The highest BCUT2D eigenvalue weighted by Crippen LogP contribution is 2.29. The highest BCUT2D eigenvalue weighted by atomic mass is 16.5. The number of nitrogens with one attached hydrogen (secondary N) is 1. The minimum Gasteiger partial charge on any atom is -0.480 e. The maximum absolute atomic E-state index is 12.6. The number of hydrogen-bond donors (Lipinski definition) is 2. The molecule has 1 atom stereocenters. The number of ether oxygens (including phenoxy) is 1. The molecule has 2 aliphatic heterocycles. The van der Waals surface area contributed by atoms with Gasteiger partial charge in [0.25, 0.3) is 0 Å². The largest absolute Gasteiger partial charge is 0.480 e. The van der Waals surface area contributed by atoms with Gasteiger partial charge in [-0.25, -0.2) is 4.79 Å². The third-order valence-electron chi connectivity index (χ3n) is 4.29. The van der Waals surface area contributed by atoms with E-state index >= 15 is 0 Å². The van der Waals surface area contributed by atoms with Crippen molar-refractivity contribution in [3.05, 3.63) is 0 Å². The van der Waals surface area contributed by atoms with Crippen LogP contribution in [0.2, 0.25) is 0 Å². The van der Waals surface area contributed by atoms with E-state index in [9.17, 15) is 9.59 Å². The fourth-order valence-corrected chi connectivity index (χ4v) is 3.04. The van der Waals surface area contributed by atoms with Gasteiger partial charge in [-0.3, -0.25) is 4.79 Å². The Morgan fingerprint density at radius 1 is 1.40 bits per heavy atom. The quantitative estimate of drug-likeness (QED) is 0.784. The molecule has 2 N–H and O–H groups in total. The number of likely N-dealkylation sites (tertiary alicyclic amines) is 1. The van der Waals surface area contributed by atoms with Gasteiger partial charge in [-0.05, 0) is 39.2 Å². The topological polar surface area (TPSA) is 78.9 Å². The first kappa shape index (κ1) is 15.3. The number of carboxylic acid groups (broad SMARTS) is 1. The lowest BCUT2D eigenvalue weighted by Gasteiger charge is -2.40. The van der Waals surface area contributed by atoms with Crippen LogP contribution in [-0.4, -0.2) is 60.8 Å². The second kappa shape index (κ2) is 6.54. The molecule has 1 amide bonds. The van der Waals surface area contributed by atoms with Gasteiger partial charge in [0.2, 0.25) is 5.91 Å². The summed E-state index contributed by atoms with van der Waals surface area (Å²) in [4.78, 5) is 25.0. The summed E-state index contributed by atoms with van der Waals surface area (Å²) in [7, 11) is 0. The van der Waals surface area contributed by atoms with Gasteiger partial charge in [-0.2, -0.15) is 0 Å². The first-order valence-corrected chi connectivity index (χ1v) is 7.35. The molecular formula is C14H24N2O4. The summed E-state index contributed by atoms with van der Waals surface area (Å²) in [6, 6.07) is 0. The third-order valence-corrected chi connectivity index (χ3v) is 4.29. The molecule has 2 rings (SSSR count). The van der Waals surface area contributed by atoms with Gasteiger partial charge in [0.1, 0.15) is 6.61 Å². The second-order valence-electron chi connectivity index (χ2n) is 6.04. The van der Waals surface area contributed by atoms with Crippen LogP contribution in [0.25, 0.3) is 0 Å². The number of piperidine rings is 2. The SMILES string of the molecule is CC1(C(=O)N2CCC(OCC(=O)O)CC2)CCCNC1. The Bertz CT molecular complexity index is 358. The molecule has 2 fully saturated rings. The summed E-state index contributed by atoms with van der Waals surface area (Å²) in [5.41, 5.74) is -0.285. The van der Waals surface area contributed by atoms with Gasteiger partial charge in [-0.15, -0.1) is 0 Å². The van der Waals surface area contributed by atoms with E-state index in [0.29, 0.717) is 13.1 Å². The van der Waals surface area contributed by atoms with Crippen LogP contribution in [0.1, 0.15) is 32.6 Å². The summed E-state index contributed by atoms with van der Waals surface area (Å²) < 4.78 is 5.29. The van der Waals surface area contributed by atoms with E-state index in [1.807, 2.05) is 11.8 Å². The zero-order valence-corrected chi connectivity index (χ0v) is 12.1. The van der Waals surface area contributed by atoms with Gasteiger partial charge < -0.3 is 20.1 Å². The normalized spacial score (nSPS) is 28.4. The molecule has 6 nitrogen and oxygen atoms in total. The highest BCUT2D eigenvalue weighted by molar-refractivity contribution is 5.82. The molecule has 20 heavy (non-hydrogen) atoms. The van der Waals surface area contributed by atoms with Crippen molar-refractivity contribution in [1.82, 2.24) is 10.2 Å². The lowest BCUT2D eigenvalue weighted by Crippen LogP contribution is -2.52. The van der Waals surface area contributed by atoms with Gasteiger partial charge >= 0.3 is 5.97 Å². The molecule has 0 aromatic rings. The molecule has 0 aromatic carbocycles. The third kappa shape index (κ3) is 3.70. The molecule has 6 heteroatoms. The maximum atomic E-state index is 12.6. The van der Waals surface area contributed by atoms with Crippen molar-refractivity contribution in [2.24, 2.45) is 5.41 Å². The van der Waals surface area contributed by atoms with Crippen LogP contribution in [-0.2, 0) is 14.3 Å². The first-order valence-electron chi connectivity index (χ1n) is 7.35. The summed E-state index contributed by atoms with van der Waals surface area (Å²) in [5, 5.41) is 11.9. The number of amides is 1. The second-order valence-corrected chi connectivity index (χ2v) is 6.04. The van der Waals surface area contributed by atoms with E-state index in [1.54, 1.807) is 0 Å². The fourth-order valence-electron chi connectivity index (χ4n) is 3.04. The van der Waals surface area contributed by atoms with Gasteiger partial charge in [0, 0.05) is 19.6 Å². The number of hydrogen-bond acceptors (Lipinski definition) is 4. The molecule has 0 aromatic heterocycles. The molecule has 1 unspecified atom stereocenters. The van der Waals surface area contributed by atoms with E-state index < -0.39 is 5.97 Å². The van der Waals surface area contributed by atoms with Crippen LogP contribution < -0.4 is 5.32 Å². The van der Waals surface area contributed by atoms with Crippen molar-refractivity contribution in [1.29, 1.82) is 0 Å². The van der Waals surface area contributed by atoms with Crippen LogP contribution in [0.3, 0.4) is 0 Å². The molecule has 0 bridgehead atoms. The molecule has 2 heterocycles.